The third-order valence-electron chi connectivity index (χ3n) is 2.99. The second-order valence-corrected chi connectivity index (χ2v) is 5.78. The van der Waals surface area contributed by atoms with E-state index in [4.69, 9.17) is 23.2 Å². The largest absolute Gasteiger partial charge is 0.129 e. The highest BCUT2D eigenvalue weighted by molar-refractivity contribution is 6.51. The van der Waals surface area contributed by atoms with Crippen LogP contribution in [0.15, 0.2) is 30.3 Å². The lowest BCUT2D eigenvalue weighted by atomic mass is 10.0. The SMILES string of the molecule is CC(C)C1C(c2ccccc2)C1(Cl)Cl. The highest BCUT2D eigenvalue weighted by Crippen LogP contribution is 2.67. The molecule has 2 rings (SSSR count). The maximum atomic E-state index is 6.27. The topological polar surface area (TPSA) is 0 Å². The minimum absolute atomic E-state index is 0.312. The average molecular weight is 229 g/mol. The highest BCUT2D eigenvalue weighted by Gasteiger charge is 2.64. The van der Waals surface area contributed by atoms with Crippen molar-refractivity contribution in [2.45, 2.75) is 24.1 Å². The summed E-state index contributed by atoms with van der Waals surface area (Å²) in [4.78, 5) is 0. The summed E-state index contributed by atoms with van der Waals surface area (Å²) in [6.45, 7) is 4.35. The molecule has 1 aromatic rings. The van der Waals surface area contributed by atoms with Gasteiger partial charge in [0.25, 0.3) is 0 Å². The van der Waals surface area contributed by atoms with Crippen LogP contribution in [0.5, 0.6) is 0 Å². The molecule has 0 N–H and O–H groups in total. The van der Waals surface area contributed by atoms with Crippen LogP contribution in [0.4, 0.5) is 0 Å². The van der Waals surface area contributed by atoms with Gasteiger partial charge in [0.15, 0.2) is 0 Å². The Morgan fingerprint density at radius 2 is 1.71 bits per heavy atom. The molecule has 14 heavy (non-hydrogen) atoms. The van der Waals surface area contributed by atoms with Crippen molar-refractivity contribution >= 4 is 23.2 Å². The molecule has 2 unspecified atom stereocenters. The van der Waals surface area contributed by atoms with Crippen LogP contribution >= 0.6 is 23.2 Å². The fourth-order valence-corrected chi connectivity index (χ4v) is 3.42. The van der Waals surface area contributed by atoms with Crippen molar-refractivity contribution in [1.82, 2.24) is 0 Å². The molecule has 0 aliphatic heterocycles. The van der Waals surface area contributed by atoms with Crippen LogP contribution in [0.3, 0.4) is 0 Å². The summed E-state index contributed by atoms with van der Waals surface area (Å²) < 4.78 is -0.546. The molecule has 0 saturated heterocycles. The van der Waals surface area contributed by atoms with E-state index < -0.39 is 4.33 Å². The van der Waals surface area contributed by atoms with E-state index in [0.717, 1.165) is 0 Å². The molecule has 0 nitrogen and oxygen atoms in total. The fourth-order valence-electron chi connectivity index (χ4n) is 2.27. The van der Waals surface area contributed by atoms with Crippen molar-refractivity contribution in [1.29, 1.82) is 0 Å². The minimum Gasteiger partial charge on any atom is -0.101 e. The van der Waals surface area contributed by atoms with Gasteiger partial charge in [-0.15, -0.1) is 23.2 Å². The molecule has 1 aromatic carbocycles. The molecule has 0 aromatic heterocycles. The molecule has 1 saturated carbocycles. The number of halogens is 2. The standard InChI is InChI=1S/C12H14Cl2/c1-8(2)10-11(12(10,13)14)9-6-4-3-5-7-9/h3-8,10-11H,1-2H3. The number of benzene rings is 1. The van der Waals surface area contributed by atoms with Crippen LogP contribution in [0.2, 0.25) is 0 Å². The first-order valence-corrected chi connectivity index (χ1v) is 5.73. The Morgan fingerprint density at radius 1 is 1.14 bits per heavy atom. The Kier molecular flexibility index (Phi) is 2.53. The van der Waals surface area contributed by atoms with Gasteiger partial charge in [0.05, 0.1) is 0 Å². The number of hydrogen-bond donors (Lipinski definition) is 0. The molecule has 1 fully saturated rings. The van der Waals surface area contributed by atoms with Crippen molar-refractivity contribution < 1.29 is 0 Å². The first-order chi connectivity index (χ1) is 6.55. The Hall–Kier alpha value is -0.200. The second kappa shape index (κ2) is 3.43. The van der Waals surface area contributed by atoms with E-state index in [-0.39, 0.29) is 0 Å². The minimum atomic E-state index is -0.546. The molecule has 0 heterocycles. The van der Waals surface area contributed by atoms with E-state index in [1.165, 1.54) is 5.56 Å². The maximum Gasteiger partial charge on any atom is 0.129 e. The van der Waals surface area contributed by atoms with Crippen LogP contribution in [0, 0.1) is 11.8 Å². The molecule has 0 radical (unpaired) electrons. The van der Waals surface area contributed by atoms with Gasteiger partial charge in [-0.1, -0.05) is 44.2 Å². The molecule has 0 bridgehead atoms. The predicted molar refractivity (Wildman–Crippen MR) is 61.9 cm³/mol. The summed E-state index contributed by atoms with van der Waals surface area (Å²) >= 11 is 12.5. The predicted octanol–water partition coefficient (Wildman–Crippen LogP) is 4.23. The van der Waals surface area contributed by atoms with E-state index in [2.05, 4.69) is 26.0 Å². The van der Waals surface area contributed by atoms with Gasteiger partial charge in [-0.05, 0) is 11.5 Å². The van der Waals surface area contributed by atoms with Crippen LogP contribution in [0.25, 0.3) is 0 Å². The van der Waals surface area contributed by atoms with E-state index in [0.29, 0.717) is 17.8 Å². The van der Waals surface area contributed by atoms with Gasteiger partial charge < -0.3 is 0 Å². The van der Waals surface area contributed by atoms with Crippen molar-refractivity contribution in [2.24, 2.45) is 11.8 Å². The van der Waals surface area contributed by atoms with Crippen LogP contribution in [-0.2, 0) is 0 Å². The zero-order valence-corrected chi connectivity index (χ0v) is 9.89. The lowest BCUT2D eigenvalue weighted by molar-refractivity contribution is 0.544. The third-order valence-corrected chi connectivity index (χ3v) is 3.96. The monoisotopic (exact) mass is 228 g/mol. The Balaban J connectivity index is 2.23. The van der Waals surface area contributed by atoms with Crippen LogP contribution in [0.1, 0.15) is 25.3 Å². The van der Waals surface area contributed by atoms with Gasteiger partial charge in [-0.25, -0.2) is 0 Å². The van der Waals surface area contributed by atoms with Gasteiger partial charge in [0, 0.05) is 11.8 Å². The van der Waals surface area contributed by atoms with E-state index in [1.807, 2.05) is 18.2 Å². The maximum absolute atomic E-state index is 6.27. The Morgan fingerprint density at radius 3 is 2.14 bits per heavy atom. The molecular weight excluding hydrogens is 215 g/mol. The Labute approximate surface area is 95.2 Å². The molecule has 1 aliphatic rings. The normalized spacial score (nSPS) is 29.2. The Bertz CT molecular complexity index is 316. The molecule has 0 amide bonds. The van der Waals surface area contributed by atoms with Gasteiger partial charge in [0.2, 0.25) is 0 Å². The van der Waals surface area contributed by atoms with Crippen molar-refractivity contribution in [2.75, 3.05) is 0 Å². The van der Waals surface area contributed by atoms with Crippen LogP contribution < -0.4 is 0 Å². The zero-order chi connectivity index (χ0) is 10.3. The van der Waals surface area contributed by atoms with Crippen LogP contribution in [-0.4, -0.2) is 4.33 Å². The first-order valence-electron chi connectivity index (χ1n) is 4.98. The van der Waals surface area contributed by atoms with Crippen molar-refractivity contribution in [3.63, 3.8) is 0 Å². The summed E-state index contributed by atoms with van der Waals surface area (Å²) in [7, 11) is 0. The lowest BCUT2D eigenvalue weighted by Gasteiger charge is -2.01. The smallest absolute Gasteiger partial charge is 0.101 e. The molecule has 76 valence electrons. The second-order valence-electron chi connectivity index (χ2n) is 4.33. The van der Waals surface area contributed by atoms with E-state index in [9.17, 15) is 0 Å². The quantitative estimate of drug-likeness (QED) is 0.665. The number of rotatable bonds is 2. The molecule has 2 heteroatoms. The van der Waals surface area contributed by atoms with E-state index >= 15 is 0 Å². The highest BCUT2D eigenvalue weighted by atomic mass is 35.5. The van der Waals surface area contributed by atoms with Gasteiger partial charge in [0.1, 0.15) is 4.33 Å². The third kappa shape index (κ3) is 1.55. The van der Waals surface area contributed by atoms with Crippen molar-refractivity contribution in [3.05, 3.63) is 35.9 Å². The van der Waals surface area contributed by atoms with Crippen molar-refractivity contribution in [3.8, 4) is 0 Å². The summed E-state index contributed by atoms with van der Waals surface area (Å²) in [5.74, 6) is 1.25. The summed E-state index contributed by atoms with van der Waals surface area (Å²) in [6.07, 6.45) is 0. The fraction of sp³-hybridized carbons (Fsp3) is 0.500. The molecular formula is C12H14Cl2. The molecule has 1 aliphatic carbocycles. The van der Waals surface area contributed by atoms with E-state index in [1.54, 1.807) is 0 Å². The molecule has 2 atom stereocenters. The first kappa shape index (κ1) is 10.3. The zero-order valence-electron chi connectivity index (χ0n) is 8.37. The molecule has 0 spiro atoms. The summed E-state index contributed by atoms with van der Waals surface area (Å²) in [6, 6.07) is 10.3. The summed E-state index contributed by atoms with van der Waals surface area (Å²) in [5.41, 5.74) is 1.26. The lowest BCUT2D eigenvalue weighted by Crippen LogP contribution is -1.97. The van der Waals surface area contributed by atoms with Gasteiger partial charge in [-0.3, -0.25) is 0 Å². The number of alkyl halides is 2. The van der Waals surface area contributed by atoms with Gasteiger partial charge >= 0.3 is 0 Å². The van der Waals surface area contributed by atoms with Gasteiger partial charge in [-0.2, -0.15) is 0 Å². The average Bonchev–Trinajstić information content (AvgIpc) is 2.71. The number of hydrogen-bond acceptors (Lipinski definition) is 0. The summed E-state index contributed by atoms with van der Waals surface area (Å²) in [5, 5.41) is 0.